The average molecular weight is 426 g/mol. The van der Waals surface area contributed by atoms with Crippen molar-refractivity contribution >= 4 is 36.0 Å². The molecule has 0 aromatic heterocycles. The molecule has 0 radical (unpaired) electrons. The molecule has 0 spiro atoms. The fourth-order valence-electron chi connectivity index (χ4n) is 1.46. The lowest BCUT2D eigenvalue weighted by Gasteiger charge is -2.19. The van der Waals surface area contributed by atoms with Gasteiger partial charge in [-0.05, 0) is 40.5 Å². The molecule has 130 valence electrons. The number of amides is 1. The zero-order valence-electron chi connectivity index (χ0n) is 14.4. The van der Waals surface area contributed by atoms with Crippen molar-refractivity contribution in [2.45, 2.75) is 46.1 Å². The van der Waals surface area contributed by atoms with Gasteiger partial charge in [0, 0.05) is 26.7 Å². The Balaban J connectivity index is 0. The Hall–Kier alpha value is -0.990. The lowest BCUT2D eigenvalue weighted by Crippen LogP contribution is -2.39. The van der Waals surface area contributed by atoms with Crippen molar-refractivity contribution in [3.8, 4) is 0 Å². The highest BCUT2D eigenvalue weighted by Gasteiger charge is 2.15. The molecular weight excluding hydrogens is 395 g/mol. The standard InChI is InChI=1S/C15H30N4O2.HI/c1-6-7-8-10-17-13(16-5)18-11-9-12-19-14(20)21-15(2,3)4;/h6-7H,8-12H2,1-5H3,(H,19,20)(H2,16,17,18);1H/b7-6+;. The van der Waals surface area contributed by atoms with Crippen LogP contribution in [0, 0.1) is 0 Å². The predicted molar refractivity (Wildman–Crippen MR) is 103 cm³/mol. The van der Waals surface area contributed by atoms with Crippen LogP contribution in [0.25, 0.3) is 0 Å². The Morgan fingerprint density at radius 1 is 1.14 bits per heavy atom. The SMILES string of the molecule is C/C=C/CCNC(=NC)NCCCNC(=O)OC(C)(C)C.I. The van der Waals surface area contributed by atoms with Gasteiger partial charge in [0.05, 0.1) is 0 Å². The Morgan fingerprint density at radius 2 is 1.73 bits per heavy atom. The van der Waals surface area contributed by atoms with Crippen molar-refractivity contribution in [3.05, 3.63) is 12.2 Å². The van der Waals surface area contributed by atoms with Gasteiger partial charge in [-0.1, -0.05) is 12.2 Å². The molecule has 1 amide bonds. The minimum atomic E-state index is -0.457. The maximum atomic E-state index is 11.4. The van der Waals surface area contributed by atoms with Crippen LogP contribution in [0.1, 0.15) is 40.5 Å². The zero-order chi connectivity index (χ0) is 16.1. The van der Waals surface area contributed by atoms with Crippen LogP contribution >= 0.6 is 24.0 Å². The third kappa shape index (κ3) is 15.4. The van der Waals surface area contributed by atoms with E-state index in [9.17, 15) is 4.79 Å². The maximum absolute atomic E-state index is 11.4. The van der Waals surface area contributed by atoms with E-state index >= 15 is 0 Å². The van der Waals surface area contributed by atoms with Crippen LogP contribution in [-0.2, 0) is 4.74 Å². The van der Waals surface area contributed by atoms with Crippen molar-refractivity contribution in [2.24, 2.45) is 4.99 Å². The van der Waals surface area contributed by atoms with Gasteiger partial charge in [0.1, 0.15) is 5.60 Å². The molecule has 6 nitrogen and oxygen atoms in total. The first-order valence-electron chi connectivity index (χ1n) is 7.41. The van der Waals surface area contributed by atoms with E-state index in [-0.39, 0.29) is 30.1 Å². The van der Waals surface area contributed by atoms with E-state index in [0.29, 0.717) is 6.54 Å². The summed E-state index contributed by atoms with van der Waals surface area (Å²) in [5.41, 5.74) is -0.457. The van der Waals surface area contributed by atoms with Gasteiger partial charge in [-0.25, -0.2) is 4.79 Å². The van der Waals surface area contributed by atoms with Crippen LogP contribution in [0.15, 0.2) is 17.1 Å². The second-order valence-electron chi connectivity index (χ2n) is 5.57. The van der Waals surface area contributed by atoms with Gasteiger partial charge in [0.15, 0.2) is 5.96 Å². The van der Waals surface area contributed by atoms with Gasteiger partial charge in [0.25, 0.3) is 0 Å². The number of hydrogen-bond acceptors (Lipinski definition) is 3. The number of nitrogens with zero attached hydrogens (tertiary/aromatic N) is 1. The number of allylic oxidation sites excluding steroid dienone is 1. The average Bonchev–Trinajstić information content (AvgIpc) is 2.38. The van der Waals surface area contributed by atoms with Crippen LogP contribution in [-0.4, -0.2) is 44.3 Å². The third-order valence-corrected chi connectivity index (χ3v) is 2.38. The van der Waals surface area contributed by atoms with Gasteiger partial charge in [0.2, 0.25) is 0 Å². The number of nitrogens with one attached hydrogen (secondary N) is 3. The number of rotatable bonds is 7. The first kappa shape index (κ1) is 23.3. The summed E-state index contributed by atoms with van der Waals surface area (Å²) in [6, 6.07) is 0. The van der Waals surface area contributed by atoms with E-state index in [1.807, 2.05) is 33.8 Å². The van der Waals surface area contributed by atoms with E-state index < -0.39 is 5.60 Å². The third-order valence-electron chi connectivity index (χ3n) is 2.38. The number of carbonyl (C=O) groups is 1. The van der Waals surface area contributed by atoms with Crippen molar-refractivity contribution < 1.29 is 9.53 Å². The first-order chi connectivity index (χ1) is 9.89. The Morgan fingerprint density at radius 3 is 2.27 bits per heavy atom. The highest BCUT2D eigenvalue weighted by Crippen LogP contribution is 2.06. The first-order valence-corrected chi connectivity index (χ1v) is 7.41. The molecule has 0 atom stereocenters. The fraction of sp³-hybridized carbons (Fsp3) is 0.733. The van der Waals surface area contributed by atoms with E-state index in [1.54, 1.807) is 7.05 Å². The van der Waals surface area contributed by atoms with Crippen molar-refractivity contribution in [1.82, 2.24) is 16.0 Å². The van der Waals surface area contributed by atoms with Crippen LogP contribution in [0.3, 0.4) is 0 Å². The van der Waals surface area contributed by atoms with Gasteiger partial charge in [-0.3, -0.25) is 4.99 Å². The number of hydrogen-bond donors (Lipinski definition) is 3. The van der Waals surface area contributed by atoms with Gasteiger partial charge >= 0.3 is 6.09 Å². The van der Waals surface area contributed by atoms with E-state index in [4.69, 9.17) is 4.74 Å². The number of alkyl carbamates (subject to hydrolysis) is 1. The van der Waals surface area contributed by atoms with E-state index in [0.717, 1.165) is 31.9 Å². The minimum absolute atomic E-state index is 0. The van der Waals surface area contributed by atoms with Crippen LogP contribution in [0.2, 0.25) is 0 Å². The molecule has 0 aromatic carbocycles. The molecule has 7 heteroatoms. The molecule has 0 bridgehead atoms. The van der Waals surface area contributed by atoms with Crippen LogP contribution in [0.5, 0.6) is 0 Å². The largest absolute Gasteiger partial charge is 0.444 e. The van der Waals surface area contributed by atoms with Crippen molar-refractivity contribution in [1.29, 1.82) is 0 Å². The molecule has 0 aliphatic rings. The number of guanidine groups is 1. The molecule has 0 unspecified atom stereocenters. The smallest absolute Gasteiger partial charge is 0.407 e. The topological polar surface area (TPSA) is 74.8 Å². The zero-order valence-corrected chi connectivity index (χ0v) is 16.7. The molecule has 0 rings (SSSR count). The molecule has 0 aliphatic heterocycles. The number of ether oxygens (including phenoxy) is 1. The van der Waals surface area contributed by atoms with Crippen molar-refractivity contribution in [3.63, 3.8) is 0 Å². The van der Waals surface area contributed by atoms with E-state index in [2.05, 4.69) is 27.0 Å². The van der Waals surface area contributed by atoms with Gasteiger partial charge in [-0.15, -0.1) is 24.0 Å². The van der Waals surface area contributed by atoms with E-state index in [1.165, 1.54) is 0 Å². The Bertz CT molecular complexity index is 352. The second kappa shape index (κ2) is 13.7. The summed E-state index contributed by atoms with van der Waals surface area (Å²) in [5.74, 6) is 0.775. The molecule has 0 saturated heterocycles. The normalized spacial score (nSPS) is 11.8. The lowest BCUT2D eigenvalue weighted by molar-refractivity contribution is 0.0527. The molecule has 3 N–H and O–H groups in total. The highest BCUT2D eigenvalue weighted by atomic mass is 127. The summed E-state index contributed by atoms with van der Waals surface area (Å²) >= 11 is 0. The monoisotopic (exact) mass is 426 g/mol. The molecule has 22 heavy (non-hydrogen) atoms. The summed E-state index contributed by atoms with van der Waals surface area (Å²) in [7, 11) is 1.74. The van der Waals surface area contributed by atoms with Crippen LogP contribution < -0.4 is 16.0 Å². The molecule has 0 aliphatic carbocycles. The van der Waals surface area contributed by atoms with Gasteiger partial charge < -0.3 is 20.7 Å². The summed E-state index contributed by atoms with van der Waals surface area (Å²) < 4.78 is 5.15. The predicted octanol–water partition coefficient (Wildman–Crippen LogP) is 2.65. The molecular formula is C15H31IN4O2. The molecule has 0 saturated carbocycles. The summed E-state index contributed by atoms with van der Waals surface area (Å²) in [6.45, 7) is 9.69. The Kier molecular flexibility index (Phi) is 14.5. The lowest BCUT2D eigenvalue weighted by atomic mass is 10.2. The number of aliphatic imine (C=N–C) groups is 1. The quantitative estimate of drug-likeness (QED) is 0.192. The number of halogens is 1. The van der Waals surface area contributed by atoms with Crippen LogP contribution in [0.4, 0.5) is 4.79 Å². The second-order valence-corrected chi connectivity index (χ2v) is 5.57. The van der Waals surface area contributed by atoms with Gasteiger partial charge in [-0.2, -0.15) is 0 Å². The highest BCUT2D eigenvalue weighted by molar-refractivity contribution is 14.0. The van der Waals surface area contributed by atoms with Crippen molar-refractivity contribution in [2.75, 3.05) is 26.7 Å². The molecule has 0 fully saturated rings. The molecule has 0 heterocycles. The number of carbonyl (C=O) groups excluding carboxylic acids is 1. The fourth-order valence-corrected chi connectivity index (χ4v) is 1.46. The minimum Gasteiger partial charge on any atom is -0.444 e. The summed E-state index contributed by atoms with van der Waals surface area (Å²) in [6.07, 6.45) is 5.52. The molecule has 0 aromatic rings. The maximum Gasteiger partial charge on any atom is 0.407 e. The Labute approximate surface area is 151 Å². The summed E-state index contributed by atoms with van der Waals surface area (Å²) in [5, 5.41) is 9.12. The summed E-state index contributed by atoms with van der Waals surface area (Å²) in [4.78, 5) is 15.5.